The first-order valence-corrected chi connectivity index (χ1v) is 7.69. The summed E-state index contributed by atoms with van der Waals surface area (Å²) in [5, 5.41) is 5.96. The number of benzene rings is 1. The van der Waals surface area contributed by atoms with Crippen LogP contribution in [0.2, 0.25) is 0 Å². The molecule has 6 heteroatoms. The quantitative estimate of drug-likeness (QED) is 0.765. The lowest BCUT2D eigenvalue weighted by molar-refractivity contribution is -0.131. The van der Waals surface area contributed by atoms with Crippen molar-refractivity contribution >= 4 is 11.8 Å². The lowest BCUT2D eigenvalue weighted by atomic mass is 10.3. The maximum absolute atomic E-state index is 11.9. The Labute approximate surface area is 130 Å². The zero-order valence-corrected chi connectivity index (χ0v) is 12.7. The Morgan fingerprint density at radius 3 is 2.59 bits per heavy atom. The number of hydrogen-bond acceptors (Lipinski definition) is 4. The van der Waals surface area contributed by atoms with Crippen molar-refractivity contribution in [2.75, 3.05) is 39.3 Å². The molecule has 0 spiro atoms. The van der Waals surface area contributed by atoms with Gasteiger partial charge in [-0.05, 0) is 12.1 Å². The van der Waals surface area contributed by atoms with Crippen LogP contribution in [0.4, 0.5) is 0 Å². The van der Waals surface area contributed by atoms with Gasteiger partial charge in [-0.25, -0.2) is 0 Å². The summed E-state index contributed by atoms with van der Waals surface area (Å²) in [5.41, 5.74) is 0. The van der Waals surface area contributed by atoms with Crippen molar-refractivity contribution < 1.29 is 14.3 Å². The number of hydrogen-bond donors (Lipinski definition) is 2. The molecule has 1 heterocycles. The van der Waals surface area contributed by atoms with E-state index in [9.17, 15) is 9.59 Å². The second kappa shape index (κ2) is 9.04. The summed E-state index contributed by atoms with van der Waals surface area (Å²) in [7, 11) is 0. The predicted octanol–water partition coefficient (Wildman–Crippen LogP) is 0.394. The van der Waals surface area contributed by atoms with Crippen LogP contribution in [0, 0.1) is 0 Å². The van der Waals surface area contributed by atoms with Gasteiger partial charge >= 0.3 is 0 Å². The number of nitrogens with one attached hydrogen (secondary N) is 2. The van der Waals surface area contributed by atoms with Crippen LogP contribution in [0.15, 0.2) is 30.3 Å². The van der Waals surface area contributed by atoms with E-state index in [1.807, 2.05) is 35.2 Å². The fourth-order valence-corrected chi connectivity index (χ4v) is 2.25. The third kappa shape index (κ3) is 5.73. The molecule has 1 aliphatic rings. The van der Waals surface area contributed by atoms with Crippen LogP contribution in [-0.2, 0) is 9.59 Å². The minimum atomic E-state index is -0.0935. The minimum Gasteiger partial charge on any atom is -0.493 e. The van der Waals surface area contributed by atoms with Gasteiger partial charge < -0.3 is 20.3 Å². The lowest BCUT2D eigenvalue weighted by Gasteiger charge is -2.27. The van der Waals surface area contributed by atoms with Crippen molar-refractivity contribution in [2.24, 2.45) is 0 Å². The zero-order valence-electron chi connectivity index (χ0n) is 12.7. The highest BCUT2D eigenvalue weighted by Crippen LogP contribution is 2.08. The fourth-order valence-electron chi connectivity index (χ4n) is 2.25. The van der Waals surface area contributed by atoms with Crippen LogP contribution in [0.3, 0.4) is 0 Å². The van der Waals surface area contributed by atoms with Gasteiger partial charge in [0.15, 0.2) is 0 Å². The number of carbonyl (C=O) groups is 2. The van der Waals surface area contributed by atoms with Gasteiger partial charge in [-0.15, -0.1) is 0 Å². The van der Waals surface area contributed by atoms with Gasteiger partial charge in [-0.1, -0.05) is 18.2 Å². The number of para-hydroxylation sites is 1. The molecule has 0 radical (unpaired) electrons. The Morgan fingerprint density at radius 2 is 1.86 bits per heavy atom. The van der Waals surface area contributed by atoms with E-state index in [0.717, 1.165) is 31.9 Å². The summed E-state index contributed by atoms with van der Waals surface area (Å²) in [6.45, 7) is 3.90. The summed E-state index contributed by atoms with van der Waals surface area (Å²) >= 11 is 0. The molecule has 6 nitrogen and oxygen atoms in total. The van der Waals surface area contributed by atoms with E-state index in [1.165, 1.54) is 0 Å². The van der Waals surface area contributed by atoms with E-state index in [1.54, 1.807) is 0 Å². The molecule has 2 N–H and O–H groups in total. The van der Waals surface area contributed by atoms with Crippen LogP contribution < -0.4 is 15.4 Å². The van der Waals surface area contributed by atoms with E-state index in [0.29, 0.717) is 19.6 Å². The maximum atomic E-state index is 11.9. The first-order valence-electron chi connectivity index (χ1n) is 7.69. The van der Waals surface area contributed by atoms with Crippen molar-refractivity contribution in [3.05, 3.63) is 30.3 Å². The minimum absolute atomic E-state index is 0.0935. The summed E-state index contributed by atoms with van der Waals surface area (Å²) in [4.78, 5) is 25.4. The molecule has 0 bridgehead atoms. The topological polar surface area (TPSA) is 70.7 Å². The molecule has 0 aliphatic carbocycles. The molecule has 120 valence electrons. The van der Waals surface area contributed by atoms with Gasteiger partial charge in [0.25, 0.3) is 0 Å². The Kier molecular flexibility index (Phi) is 6.70. The third-order valence-electron chi connectivity index (χ3n) is 3.47. The first kappa shape index (κ1) is 16.3. The van der Waals surface area contributed by atoms with E-state index in [4.69, 9.17) is 4.74 Å². The highest BCUT2D eigenvalue weighted by atomic mass is 16.5. The lowest BCUT2D eigenvalue weighted by Crippen LogP contribution is -2.47. The number of ether oxygens (including phenoxy) is 1. The highest BCUT2D eigenvalue weighted by molar-refractivity contribution is 5.79. The van der Waals surface area contributed by atoms with Crippen molar-refractivity contribution in [3.63, 3.8) is 0 Å². The third-order valence-corrected chi connectivity index (χ3v) is 3.47. The average molecular weight is 305 g/mol. The summed E-state index contributed by atoms with van der Waals surface area (Å²) < 4.78 is 5.46. The van der Waals surface area contributed by atoms with Crippen molar-refractivity contribution in [1.29, 1.82) is 0 Å². The van der Waals surface area contributed by atoms with Crippen molar-refractivity contribution in [1.82, 2.24) is 15.5 Å². The molecular formula is C16H23N3O3. The van der Waals surface area contributed by atoms with E-state index in [-0.39, 0.29) is 18.2 Å². The molecule has 1 aliphatic heterocycles. The largest absolute Gasteiger partial charge is 0.493 e. The second-order valence-electron chi connectivity index (χ2n) is 5.14. The predicted molar refractivity (Wildman–Crippen MR) is 83.6 cm³/mol. The number of rotatable bonds is 7. The summed E-state index contributed by atoms with van der Waals surface area (Å²) in [6, 6.07) is 9.39. The molecule has 22 heavy (non-hydrogen) atoms. The molecule has 0 unspecified atom stereocenters. The molecule has 1 fully saturated rings. The Balaban J connectivity index is 1.54. The second-order valence-corrected chi connectivity index (χ2v) is 5.14. The molecule has 1 saturated heterocycles. The molecular weight excluding hydrogens is 282 g/mol. The molecule has 1 aromatic carbocycles. The molecule has 0 saturated carbocycles. The molecule has 2 amide bonds. The van der Waals surface area contributed by atoms with E-state index >= 15 is 0 Å². The SMILES string of the molecule is O=C(CCOc1ccccc1)NCCC(=O)N1CCNCC1. The zero-order chi connectivity index (χ0) is 15.6. The van der Waals surface area contributed by atoms with Gasteiger partial charge in [0, 0.05) is 39.1 Å². The summed E-state index contributed by atoms with van der Waals surface area (Å²) in [6.07, 6.45) is 0.641. The molecule has 0 atom stereocenters. The smallest absolute Gasteiger partial charge is 0.224 e. The number of amides is 2. The Hall–Kier alpha value is -2.08. The Bertz CT molecular complexity index is 473. The Morgan fingerprint density at radius 1 is 1.14 bits per heavy atom. The maximum Gasteiger partial charge on any atom is 0.224 e. The van der Waals surface area contributed by atoms with Gasteiger partial charge in [0.1, 0.15) is 5.75 Å². The number of piperazine rings is 1. The van der Waals surface area contributed by atoms with Gasteiger partial charge in [-0.3, -0.25) is 9.59 Å². The normalized spacial score (nSPS) is 14.5. The molecule has 1 aromatic rings. The van der Waals surface area contributed by atoms with Crippen molar-refractivity contribution in [3.8, 4) is 5.75 Å². The molecule has 0 aromatic heterocycles. The average Bonchev–Trinajstić information content (AvgIpc) is 2.56. The van der Waals surface area contributed by atoms with Gasteiger partial charge in [0.2, 0.25) is 11.8 Å². The van der Waals surface area contributed by atoms with Gasteiger partial charge in [0.05, 0.1) is 13.0 Å². The van der Waals surface area contributed by atoms with Crippen LogP contribution in [0.5, 0.6) is 5.75 Å². The highest BCUT2D eigenvalue weighted by Gasteiger charge is 2.15. The van der Waals surface area contributed by atoms with Gasteiger partial charge in [-0.2, -0.15) is 0 Å². The number of nitrogens with zero attached hydrogens (tertiary/aromatic N) is 1. The van der Waals surface area contributed by atoms with Crippen LogP contribution in [0.1, 0.15) is 12.8 Å². The fraction of sp³-hybridized carbons (Fsp3) is 0.500. The van der Waals surface area contributed by atoms with E-state index < -0.39 is 0 Å². The number of carbonyl (C=O) groups excluding carboxylic acids is 2. The van der Waals surface area contributed by atoms with Crippen LogP contribution in [-0.4, -0.2) is 56.0 Å². The molecule has 2 rings (SSSR count). The monoisotopic (exact) mass is 305 g/mol. The van der Waals surface area contributed by atoms with Crippen molar-refractivity contribution in [2.45, 2.75) is 12.8 Å². The van der Waals surface area contributed by atoms with E-state index in [2.05, 4.69) is 10.6 Å². The van der Waals surface area contributed by atoms with Crippen LogP contribution in [0.25, 0.3) is 0 Å². The standard InChI is InChI=1S/C16H23N3O3/c20-15(7-13-22-14-4-2-1-3-5-14)18-8-6-16(21)19-11-9-17-10-12-19/h1-5,17H,6-13H2,(H,18,20). The first-order chi connectivity index (χ1) is 10.8. The van der Waals surface area contributed by atoms with Crippen LogP contribution >= 0.6 is 0 Å². The summed E-state index contributed by atoms with van der Waals surface area (Å²) in [5.74, 6) is 0.760.